The Labute approximate surface area is 186 Å². The van der Waals surface area contributed by atoms with Crippen molar-refractivity contribution in [2.75, 3.05) is 19.7 Å². The van der Waals surface area contributed by atoms with E-state index in [1.54, 1.807) is 6.92 Å². The standard InChI is InChI=1S/C15H31N3O2.C4H8O.C2H6O.C2H6/c1-3-4-5-6-7-8-9-14(19)17-12-15(20)18-13(2)10-11-16;1-4(2)3-5;1-2-3;1-2/h13H,3-12,16H2,1-2H3,(H,17,19)(H,18,20);3-4H,1-2H3;3H,2H2,1H3;1-2H3. The van der Waals surface area contributed by atoms with Gasteiger partial charge in [-0.15, -0.1) is 0 Å². The minimum atomic E-state index is -0.151. The zero-order valence-electron chi connectivity index (χ0n) is 20.8. The number of aliphatic hydroxyl groups excluding tert-OH is 1. The fraction of sp³-hybridized carbons (Fsp3) is 0.870. The minimum absolute atomic E-state index is 0.0397. The van der Waals surface area contributed by atoms with Crippen LogP contribution in [0.3, 0.4) is 0 Å². The Balaban J connectivity index is -0.000000282. The van der Waals surface area contributed by atoms with Gasteiger partial charge in [-0.25, -0.2) is 0 Å². The third-order valence-corrected chi connectivity index (χ3v) is 3.48. The molecule has 0 heterocycles. The number of unbranched alkanes of at least 4 members (excludes halogenated alkanes) is 5. The maximum atomic E-state index is 11.5. The maximum Gasteiger partial charge on any atom is 0.239 e. The van der Waals surface area contributed by atoms with Gasteiger partial charge in [0, 0.05) is 25.0 Å². The van der Waals surface area contributed by atoms with E-state index in [2.05, 4.69) is 17.6 Å². The van der Waals surface area contributed by atoms with Crippen molar-refractivity contribution < 1.29 is 19.5 Å². The highest BCUT2D eigenvalue weighted by molar-refractivity contribution is 5.84. The van der Waals surface area contributed by atoms with Crippen molar-refractivity contribution in [3.63, 3.8) is 0 Å². The molecule has 0 aliphatic heterocycles. The Morgan fingerprint density at radius 1 is 0.967 bits per heavy atom. The van der Waals surface area contributed by atoms with Crippen LogP contribution in [0.25, 0.3) is 0 Å². The van der Waals surface area contributed by atoms with Crippen LogP contribution in [0.1, 0.15) is 99.8 Å². The molecule has 0 aliphatic rings. The number of nitrogens with two attached hydrogens (primary N) is 1. The van der Waals surface area contributed by atoms with E-state index in [0.717, 1.165) is 25.5 Å². The van der Waals surface area contributed by atoms with Crippen molar-refractivity contribution in [2.45, 2.75) is 106 Å². The second kappa shape index (κ2) is 32.2. The molecule has 7 heteroatoms. The zero-order chi connectivity index (χ0) is 24.2. The van der Waals surface area contributed by atoms with Crippen LogP contribution in [-0.4, -0.2) is 48.9 Å². The number of amides is 2. The lowest BCUT2D eigenvalue weighted by molar-refractivity contribution is -0.126. The lowest BCUT2D eigenvalue weighted by Crippen LogP contribution is -2.41. The quantitative estimate of drug-likeness (QED) is 0.261. The second-order valence-corrected chi connectivity index (χ2v) is 7.04. The second-order valence-electron chi connectivity index (χ2n) is 7.04. The molecule has 0 aromatic carbocycles. The van der Waals surface area contributed by atoms with E-state index >= 15 is 0 Å². The first-order valence-corrected chi connectivity index (χ1v) is 11.6. The molecule has 0 bridgehead atoms. The highest BCUT2D eigenvalue weighted by atomic mass is 16.2. The van der Waals surface area contributed by atoms with Gasteiger partial charge in [-0.3, -0.25) is 9.59 Å². The first kappa shape index (κ1) is 35.9. The number of aliphatic hydroxyl groups is 1. The number of hydrogen-bond donors (Lipinski definition) is 4. The lowest BCUT2D eigenvalue weighted by atomic mass is 10.1. The summed E-state index contributed by atoms with van der Waals surface area (Å²) in [5.74, 6) is 0.0133. The number of rotatable bonds is 13. The maximum absolute atomic E-state index is 11.5. The minimum Gasteiger partial charge on any atom is -0.397 e. The van der Waals surface area contributed by atoms with Gasteiger partial charge in [0.25, 0.3) is 0 Å². The van der Waals surface area contributed by atoms with E-state index < -0.39 is 0 Å². The van der Waals surface area contributed by atoms with Crippen LogP contribution < -0.4 is 16.4 Å². The summed E-state index contributed by atoms with van der Waals surface area (Å²) in [4.78, 5) is 32.6. The summed E-state index contributed by atoms with van der Waals surface area (Å²) in [7, 11) is 0. The molecule has 0 rings (SSSR count). The lowest BCUT2D eigenvalue weighted by Gasteiger charge is -2.13. The SMILES string of the molecule is CC.CC(C)C=O.CCCCCCCCC(=O)NCC(=O)NC(C)CCN.CCO. The molecule has 0 radical (unpaired) electrons. The molecule has 5 N–H and O–H groups in total. The number of carbonyl (C=O) groups is 3. The monoisotopic (exact) mass is 433 g/mol. The Hall–Kier alpha value is -1.47. The summed E-state index contributed by atoms with van der Waals surface area (Å²) in [6, 6.07) is 0.0583. The van der Waals surface area contributed by atoms with Gasteiger partial charge in [0.15, 0.2) is 0 Å². The number of carbonyl (C=O) groups excluding carboxylic acids is 3. The molecular formula is C23H51N3O4. The van der Waals surface area contributed by atoms with Crippen LogP contribution in [0.4, 0.5) is 0 Å². The van der Waals surface area contributed by atoms with Gasteiger partial charge in [-0.1, -0.05) is 66.7 Å². The molecule has 0 saturated carbocycles. The van der Waals surface area contributed by atoms with E-state index in [4.69, 9.17) is 10.8 Å². The van der Waals surface area contributed by atoms with Crippen molar-refractivity contribution in [3.05, 3.63) is 0 Å². The third kappa shape index (κ3) is 41.0. The van der Waals surface area contributed by atoms with Crippen molar-refractivity contribution in [1.29, 1.82) is 0 Å². The van der Waals surface area contributed by atoms with Gasteiger partial charge in [0.2, 0.25) is 11.8 Å². The van der Waals surface area contributed by atoms with Crippen LogP contribution in [0, 0.1) is 5.92 Å². The average Bonchev–Trinajstić information content (AvgIpc) is 2.71. The van der Waals surface area contributed by atoms with E-state index in [0.29, 0.717) is 13.0 Å². The topological polar surface area (TPSA) is 122 Å². The molecule has 7 nitrogen and oxygen atoms in total. The molecule has 1 atom stereocenters. The van der Waals surface area contributed by atoms with Crippen molar-refractivity contribution >= 4 is 18.1 Å². The molecule has 1 unspecified atom stereocenters. The molecule has 182 valence electrons. The number of aldehydes is 1. The zero-order valence-corrected chi connectivity index (χ0v) is 20.8. The summed E-state index contributed by atoms with van der Waals surface area (Å²) in [6.45, 7) is 14.3. The first-order chi connectivity index (χ1) is 14.3. The van der Waals surface area contributed by atoms with E-state index in [1.165, 1.54) is 25.7 Å². The number of hydrogen-bond acceptors (Lipinski definition) is 5. The van der Waals surface area contributed by atoms with Crippen LogP contribution in [0.2, 0.25) is 0 Å². The molecule has 0 spiro atoms. The first-order valence-electron chi connectivity index (χ1n) is 11.6. The summed E-state index contributed by atoms with van der Waals surface area (Å²) in [5, 5.41) is 13.0. The molecule has 0 aromatic rings. The molecule has 2 amide bonds. The largest absolute Gasteiger partial charge is 0.397 e. The van der Waals surface area contributed by atoms with Crippen molar-refractivity contribution in [1.82, 2.24) is 10.6 Å². The fourth-order valence-corrected chi connectivity index (χ4v) is 1.98. The third-order valence-electron chi connectivity index (χ3n) is 3.48. The normalized spacial score (nSPS) is 10.2. The van der Waals surface area contributed by atoms with Crippen LogP contribution in [0.15, 0.2) is 0 Å². The van der Waals surface area contributed by atoms with Gasteiger partial charge in [0.05, 0.1) is 6.54 Å². The molecule has 0 aliphatic carbocycles. The van der Waals surface area contributed by atoms with Crippen LogP contribution in [0.5, 0.6) is 0 Å². The predicted molar refractivity (Wildman–Crippen MR) is 127 cm³/mol. The molecule has 0 fully saturated rings. The van der Waals surface area contributed by atoms with Crippen LogP contribution in [-0.2, 0) is 14.4 Å². The average molecular weight is 434 g/mol. The van der Waals surface area contributed by atoms with Gasteiger partial charge in [-0.2, -0.15) is 0 Å². The molecule has 0 saturated heterocycles. The van der Waals surface area contributed by atoms with E-state index in [1.807, 2.05) is 34.6 Å². The summed E-state index contributed by atoms with van der Waals surface area (Å²) in [5.41, 5.74) is 5.40. The van der Waals surface area contributed by atoms with E-state index in [-0.39, 0.29) is 36.9 Å². The van der Waals surface area contributed by atoms with Crippen LogP contribution >= 0.6 is 0 Å². The Morgan fingerprint density at radius 2 is 1.43 bits per heavy atom. The van der Waals surface area contributed by atoms with Crippen molar-refractivity contribution in [2.24, 2.45) is 11.7 Å². The van der Waals surface area contributed by atoms with Gasteiger partial charge < -0.3 is 26.3 Å². The Kier molecular flexibility index (Phi) is 38.6. The highest BCUT2D eigenvalue weighted by Gasteiger charge is 2.08. The predicted octanol–water partition coefficient (Wildman–Crippen LogP) is 3.57. The van der Waals surface area contributed by atoms with E-state index in [9.17, 15) is 14.4 Å². The molecule has 30 heavy (non-hydrogen) atoms. The Bertz CT molecular complexity index is 364. The summed E-state index contributed by atoms with van der Waals surface area (Å²) in [6.07, 6.45) is 9.12. The van der Waals surface area contributed by atoms with Gasteiger partial charge in [-0.05, 0) is 33.2 Å². The van der Waals surface area contributed by atoms with Gasteiger partial charge in [0.1, 0.15) is 6.29 Å². The Morgan fingerprint density at radius 3 is 1.87 bits per heavy atom. The fourth-order valence-electron chi connectivity index (χ4n) is 1.98. The molecular weight excluding hydrogens is 382 g/mol. The van der Waals surface area contributed by atoms with Crippen molar-refractivity contribution in [3.8, 4) is 0 Å². The molecule has 0 aromatic heterocycles. The van der Waals surface area contributed by atoms with Gasteiger partial charge >= 0.3 is 0 Å². The smallest absolute Gasteiger partial charge is 0.239 e. The summed E-state index contributed by atoms with van der Waals surface area (Å²) >= 11 is 0. The highest BCUT2D eigenvalue weighted by Crippen LogP contribution is 2.06. The summed E-state index contributed by atoms with van der Waals surface area (Å²) < 4.78 is 0. The number of nitrogens with one attached hydrogen (secondary N) is 2.